The Hall–Kier alpha value is -2.88. The lowest BCUT2D eigenvalue weighted by molar-refractivity contribution is -0.120. The van der Waals surface area contributed by atoms with Crippen LogP contribution in [-0.2, 0) is 9.59 Å². The Kier molecular flexibility index (Phi) is 3.74. The van der Waals surface area contributed by atoms with Crippen molar-refractivity contribution in [2.24, 2.45) is 0 Å². The van der Waals surface area contributed by atoms with Gasteiger partial charge in [-0.1, -0.05) is 43.3 Å². The van der Waals surface area contributed by atoms with E-state index in [-0.39, 0.29) is 11.8 Å². The Morgan fingerprint density at radius 2 is 1.45 bits per heavy atom. The van der Waals surface area contributed by atoms with Gasteiger partial charge in [0.15, 0.2) is 0 Å². The SMILES string of the molecule is CCC1=C(Nc2ccccc2)C(=O)N(c2ccccc2)C1=O. The minimum atomic E-state index is -0.308. The Balaban J connectivity index is 1.96. The largest absolute Gasteiger partial charge is 0.351 e. The molecule has 0 fully saturated rings. The van der Waals surface area contributed by atoms with Crippen molar-refractivity contribution in [3.05, 3.63) is 71.9 Å². The molecule has 1 N–H and O–H groups in total. The molecular weight excluding hydrogens is 276 g/mol. The maximum absolute atomic E-state index is 12.7. The van der Waals surface area contributed by atoms with Crippen molar-refractivity contribution in [1.82, 2.24) is 0 Å². The molecule has 0 bridgehead atoms. The van der Waals surface area contributed by atoms with Crippen molar-refractivity contribution >= 4 is 23.2 Å². The highest BCUT2D eigenvalue weighted by atomic mass is 16.2. The number of carbonyl (C=O) groups is 2. The second kappa shape index (κ2) is 5.85. The van der Waals surface area contributed by atoms with E-state index in [0.29, 0.717) is 23.4 Å². The summed E-state index contributed by atoms with van der Waals surface area (Å²) < 4.78 is 0. The molecule has 0 aromatic heterocycles. The summed E-state index contributed by atoms with van der Waals surface area (Å²) in [6, 6.07) is 18.4. The molecule has 1 aliphatic heterocycles. The van der Waals surface area contributed by atoms with E-state index in [2.05, 4.69) is 5.32 Å². The van der Waals surface area contributed by atoms with E-state index in [1.165, 1.54) is 4.90 Å². The lowest BCUT2D eigenvalue weighted by Gasteiger charge is -2.15. The number of amides is 2. The van der Waals surface area contributed by atoms with Gasteiger partial charge in [-0.3, -0.25) is 9.59 Å². The summed E-state index contributed by atoms with van der Waals surface area (Å²) in [6.45, 7) is 1.88. The van der Waals surface area contributed by atoms with E-state index in [1.54, 1.807) is 12.1 Å². The fourth-order valence-electron chi connectivity index (χ4n) is 2.51. The summed E-state index contributed by atoms with van der Waals surface area (Å²) in [5, 5.41) is 3.09. The van der Waals surface area contributed by atoms with Gasteiger partial charge in [-0.05, 0) is 30.7 Å². The first-order chi connectivity index (χ1) is 10.7. The zero-order chi connectivity index (χ0) is 15.5. The number of nitrogens with one attached hydrogen (secondary N) is 1. The van der Waals surface area contributed by atoms with Crippen LogP contribution in [0.15, 0.2) is 71.9 Å². The van der Waals surface area contributed by atoms with Crippen LogP contribution in [0.3, 0.4) is 0 Å². The van der Waals surface area contributed by atoms with Gasteiger partial charge in [-0.2, -0.15) is 0 Å². The number of hydrogen-bond donors (Lipinski definition) is 1. The van der Waals surface area contributed by atoms with E-state index in [1.807, 2.05) is 55.5 Å². The van der Waals surface area contributed by atoms with Crippen molar-refractivity contribution in [2.45, 2.75) is 13.3 Å². The second-order valence-electron chi connectivity index (χ2n) is 4.98. The van der Waals surface area contributed by atoms with Crippen molar-refractivity contribution in [3.63, 3.8) is 0 Å². The average Bonchev–Trinajstić information content (AvgIpc) is 2.79. The number of anilines is 2. The van der Waals surface area contributed by atoms with E-state index >= 15 is 0 Å². The zero-order valence-electron chi connectivity index (χ0n) is 12.2. The van der Waals surface area contributed by atoms with Crippen LogP contribution in [0, 0.1) is 0 Å². The van der Waals surface area contributed by atoms with Gasteiger partial charge in [-0.25, -0.2) is 4.90 Å². The monoisotopic (exact) mass is 292 g/mol. The molecule has 0 aliphatic carbocycles. The summed E-state index contributed by atoms with van der Waals surface area (Å²) in [5.41, 5.74) is 2.26. The molecule has 110 valence electrons. The molecule has 22 heavy (non-hydrogen) atoms. The molecule has 0 radical (unpaired) electrons. The number of carbonyl (C=O) groups excluding carboxylic acids is 2. The molecule has 0 unspecified atom stereocenters. The number of benzene rings is 2. The molecule has 0 saturated carbocycles. The molecule has 2 amide bonds. The highest BCUT2D eigenvalue weighted by molar-refractivity contribution is 6.33. The van der Waals surface area contributed by atoms with Crippen LogP contribution in [0.25, 0.3) is 0 Å². The molecule has 4 nitrogen and oxygen atoms in total. The lowest BCUT2D eigenvalue weighted by Crippen LogP contribution is -2.32. The highest BCUT2D eigenvalue weighted by Gasteiger charge is 2.38. The van der Waals surface area contributed by atoms with Crippen LogP contribution in [0.5, 0.6) is 0 Å². The number of rotatable bonds is 4. The predicted molar refractivity (Wildman–Crippen MR) is 86.3 cm³/mol. The fourth-order valence-corrected chi connectivity index (χ4v) is 2.51. The summed E-state index contributed by atoms with van der Waals surface area (Å²) >= 11 is 0. The Morgan fingerprint density at radius 3 is 2.05 bits per heavy atom. The minimum absolute atomic E-state index is 0.253. The molecule has 2 aromatic carbocycles. The summed E-state index contributed by atoms with van der Waals surface area (Å²) in [6.07, 6.45) is 0.503. The van der Waals surface area contributed by atoms with Crippen molar-refractivity contribution in [2.75, 3.05) is 10.2 Å². The van der Waals surface area contributed by atoms with Gasteiger partial charge in [0.1, 0.15) is 5.70 Å². The Labute approximate surface area is 129 Å². The molecule has 0 saturated heterocycles. The van der Waals surface area contributed by atoms with Gasteiger partial charge in [0, 0.05) is 11.3 Å². The van der Waals surface area contributed by atoms with Crippen molar-refractivity contribution in [3.8, 4) is 0 Å². The van der Waals surface area contributed by atoms with Gasteiger partial charge in [0.25, 0.3) is 11.8 Å². The minimum Gasteiger partial charge on any atom is -0.351 e. The topological polar surface area (TPSA) is 49.4 Å². The molecule has 4 heteroatoms. The quantitative estimate of drug-likeness (QED) is 0.879. The van der Waals surface area contributed by atoms with Crippen LogP contribution >= 0.6 is 0 Å². The normalized spacial score (nSPS) is 14.7. The smallest absolute Gasteiger partial charge is 0.282 e. The molecule has 3 rings (SSSR count). The maximum Gasteiger partial charge on any atom is 0.282 e. The molecule has 0 atom stereocenters. The van der Waals surface area contributed by atoms with Crippen molar-refractivity contribution in [1.29, 1.82) is 0 Å². The van der Waals surface area contributed by atoms with Crippen LogP contribution in [0.1, 0.15) is 13.3 Å². The molecule has 1 heterocycles. The van der Waals surface area contributed by atoms with Crippen molar-refractivity contribution < 1.29 is 9.59 Å². The van der Waals surface area contributed by atoms with Gasteiger partial charge in [0.05, 0.1) is 5.69 Å². The van der Waals surface area contributed by atoms with Gasteiger partial charge >= 0.3 is 0 Å². The third-order valence-electron chi connectivity index (χ3n) is 3.59. The van der Waals surface area contributed by atoms with Crippen LogP contribution < -0.4 is 10.2 Å². The van der Waals surface area contributed by atoms with Crippen LogP contribution in [-0.4, -0.2) is 11.8 Å². The van der Waals surface area contributed by atoms with E-state index < -0.39 is 0 Å². The molecular formula is C18H16N2O2. The number of hydrogen-bond acceptors (Lipinski definition) is 3. The average molecular weight is 292 g/mol. The highest BCUT2D eigenvalue weighted by Crippen LogP contribution is 2.29. The lowest BCUT2D eigenvalue weighted by atomic mass is 10.1. The number of nitrogens with zero attached hydrogens (tertiary/aromatic N) is 1. The van der Waals surface area contributed by atoms with Gasteiger partial charge in [0.2, 0.25) is 0 Å². The predicted octanol–water partition coefficient (Wildman–Crippen LogP) is 3.34. The Bertz CT molecular complexity index is 736. The molecule has 1 aliphatic rings. The third kappa shape index (κ3) is 2.39. The Morgan fingerprint density at radius 1 is 0.864 bits per heavy atom. The van der Waals surface area contributed by atoms with Crippen LogP contribution in [0.4, 0.5) is 11.4 Å². The van der Waals surface area contributed by atoms with Crippen LogP contribution in [0.2, 0.25) is 0 Å². The first-order valence-corrected chi connectivity index (χ1v) is 7.21. The van der Waals surface area contributed by atoms with E-state index in [0.717, 1.165) is 5.69 Å². The summed E-state index contributed by atoms with van der Waals surface area (Å²) in [5.74, 6) is -0.561. The number of para-hydroxylation sites is 2. The van der Waals surface area contributed by atoms with E-state index in [4.69, 9.17) is 0 Å². The summed E-state index contributed by atoms with van der Waals surface area (Å²) in [7, 11) is 0. The third-order valence-corrected chi connectivity index (χ3v) is 3.59. The first kappa shape index (κ1) is 14.1. The fraction of sp³-hybridized carbons (Fsp3) is 0.111. The maximum atomic E-state index is 12.7. The van der Waals surface area contributed by atoms with E-state index in [9.17, 15) is 9.59 Å². The summed E-state index contributed by atoms with van der Waals surface area (Å²) in [4.78, 5) is 26.5. The number of imide groups is 1. The zero-order valence-corrected chi connectivity index (χ0v) is 12.2. The van der Waals surface area contributed by atoms with Gasteiger partial charge < -0.3 is 5.32 Å². The van der Waals surface area contributed by atoms with Gasteiger partial charge in [-0.15, -0.1) is 0 Å². The standard InChI is InChI=1S/C18H16N2O2/c1-2-15-16(19-13-9-5-3-6-10-13)18(22)20(17(15)21)14-11-7-4-8-12-14/h3-12,19H,2H2,1H3. The second-order valence-corrected chi connectivity index (χ2v) is 4.98. The molecule has 0 spiro atoms. The first-order valence-electron chi connectivity index (χ1n) is 7.21. The molecule has 2 aromatic rings.